The number of carbonyl (C=O) groups excluding carboxylic acids is 4. The molecule has 150 valence electrons. The Bertz CT molecular complexity index is 920. The summed E-state index contributed by atoms with van der Waals surface area (Å²) in [6.45, 7) is 0.708. The standard InChI is InChI=1S/C21H20N2O6/c1-14(24)22-18(12-15-6-4-3-5-7-15)21(27)29-13-19(25)23-17-10-8-16(9-11-17)20(26)28-2/h3-12H,13H2,1-2H3,(H,22,24)(H,23,25)/b18-12-. The lowest BCUT2D eigenvalue weighted by Crippen LogP contribution is -2.28. The summed E-state index contributed by atoms with van der Waals surface area (Å²) in [5.41, 5.74) is 1.35. The Hall–Kier alpha value is -3.94. The molecule has 2 N–H and O–H groups in total. The summed E-state index contributed by atoms with van der Waals surface area (Å²) in [6, 6.07) is 14.9. The first-order chi connectivity index (χ1) is 13.9. The van der Waals surface area contributed by atoms with E-state index in [0.29, 0.717) is 16.8 Å². The Morgan fingerprint density at radius 1 is 0.966 bits per heavy atom. The quantitative estimate of drug-likeness (QED) is 0.548. The number of hydrogen-bond acceptors (Lipinski definition) is 6. The van der Waals surface area contributed by atoms with Gasteiger partial charge in [0.25, 0.3) is 5.91 Å². The van der Waals surface area contributed by atoms with Gasteiger partial charge in [-0.05, 0) is 35.9 Å². The van der Waals surface area contributed by atoms with E-state index >= 15 is 0 Å². The molecule has 0 heterocycles. The maximum atomic E-state index is 12.3. The predicted molar refractivity (Wildman–Crippen MR) is 106 cm³/mol. The average Bonchev–Trinajstić information content (AvgIpc) is 2.72. The molecule has 2 amide bonds. The highest BCUT2D eigenvalue weighted by Gasteiger charge is 2.15. The van der Waals surface area contributed by atoms with Crippen LogP contribution in [-0.4, -0.2) is 37.5 Å². The third kappa shape index (κ3) is 6.94. The molecule has 0 atom stereocenters. The number of benzene rings is 2. The molecular weight excluding hydrogens is 376 g/mol. The Labute approximate surface area is 167 Å². The summed E-state index contributed by atoms with van der Waals surface area (Å²) in [5.74, 6) is -2.36. The van der Waals surface area contributed by atoms with Gasteiger partial charge >= 0.3 is 11.9 Å². The van der Waals surface area contributed by atoms with Crippen LogP contribution < -0.4 is 10.6 Å². The van der Waals surface area contributed by atoms with Crippen molar-refractivity contribution in [2.75, 3.05) is 19.0 Å². The number of hydrogen-bond donors (Lipinski definition) is 2. The van der Waals surface area contributed by atoms with Gasteiger partial charge in [0.05, 0.1) is 12.7 Å². The zero-order valence-electron chi connectivity index (χ0n) is 15.9. The Kier molecular flexibility index (Phi) is 7.67. The molecule has 0 aliphatic rings. The van der Waals surface area contributed by atoms with Crippen molar-refractivity contribution in [3.8, 4) is 0 Å². The van der Waals surface area contributed by atoms with Crippen molar-refractivity contribution in [3.05, 3.63) is 71.4 Å². The number of carbonyl (C=O) groups is 4. The molecule has 0 aliphatic carbocycles. The van der Waals surface area contributed by atoms with Crippen molar-refractivity contribution in [2.45, 2.75) is 6.92 Å². The molecule has 0 unspecified atom stereocenters. The summed E-state index contributed by atoms with van der Waals surface area (Å²) in [4.78, 5) is 47.0. The van der Waals surface area contributed by atoms with Gasteiger partial charge in [-0.25, -0.2) is 9.59 Å². The zero-order chi connectivity index (χ0) is 21.2. The molecule has 8 nitrogen and oxygen atoms in total. The van der Waals surface area contributed by atoms with Gasteiger partial charge in [0.1, 0.15) is 5.70 Å². The number of esters is 2. The molecule has 2 rings (SSSR count). The molecular formula is C21H20N2O6. The molecule has 0 bridgehead atoms. The molecule has 0 saturated carbocycles. The van der Waals surface area contributed by atoms with Crippen LogP contribution in [0.1, 0.15) is 22.8 Å². The monoisotopic (exact) mass is 396 g/mol. The normalized spacial score (nSPS) is 10.6. The molecule has 0 aromatic heterocycles. The van der Waals surface area contributed by atoms with E-state index in [0.717, 1.165) is 0 Å². The fourth-order valence-electron chi connectivity index (χ4n) is 2.27. The first kappa shape index (κ1) is 21.4. The van der Waals surface area contributed by atoms with Crippen LogP contribution in [0, 0.1) is 0 Å². The van der Waals surface area contributed by atoms with E-state index < -0.39 is 30.4 Å². The Morgan fingerprint density at radius 2 is 1.62 bits per heavy atom. The van der Waals surface area contributed by atoms with Crippen LogP contribution in [0.5, 0.6) is 0 Å². The third-order valence-corrected chi connectivity index (χ3v) is 3.57. The number of ether oxygens (including phenoxy) is 2. The zero-order valence-corrected chi connectivity index (χ0v) is 15.9. The van der Waals surface area contributed by atoms with E-state index in [1.54, 1.807) is 24.3 Å². The van der Waals surface area contributed by atoms with Gasteiger partial charge in [0, 0.05) is 12.6 Å². The van der Waals surface area contributed by atoms with Gasteiger partial charge in [-0.2, -0.15) is 0 Å². The fraction of sp³-hybridized carbons (Fsp3) is 0.143. The van der Waals surface area contributed by atoms with Crippen molar-refractivity contribution in [1.29, 1.82) is 0 Å². The maximum absolute atomic E-state index is 12.3. The second kappa shape index (κ2) is 10.4. The van der Waals surface area contributed by atoms with Crippen molar-refractivity contribution >= 4 is 35.5 Å². The van der Waals surface area contributed by atoms with Crippen LogP contribution in [-0.2, 0) is 23.9 Å². The van der Waals surface area contributed by atoms with Gasteiger partial charge < -0.3 is 20.1 Å². The van der Waals surface area contributed by atoms with E-state index in [9.17, 15) is 19.2 Å². The predicted octanol–water partition coefficient (Wildman–Crippen LogP) is 2.13. The molecule has 0 spiro atoms. The highest BCUT2D eigenvalue weighted by molar-refractivity contribution is 5.99. The molecule has 2 aromatic carbocycles. The highest BCUT2D eigenvalue weighted by atomic mass is 16.5. The summed E-state index contributed by atoms with van der Waals surface area (Å²) in [5, 5.41) is 4.93. The van der Waals surface area contributed by atoms with Crippen molar-refractivity contribution < 1.29 is 28.7 Å². The minimum atomic E-state index is -0.847. The van der Waals surface area contributed by atoms with Crippen LogP contribution in [0.3, 0.4) is 0 Å². The molecule has 8 heteroatoms. The number of amides is 2. The van der Waals surface area contributed by atoms with Crippen LogP contribution in [0.2, 0.25) is 0 Å². The molecule has 29 heavy (non-hydrogen) atoms. The van der Waals surface area contributed by atoms with E-state index in [1.807, 2.05) is 6.07 Å². The van der Waals surface area contributed by atoms with E-state index in [1.165, 1.54) is 44.4 Å². The summed E-state index contributed by atoms with van der Waals surface area (Å²) < 4.78 is 9.58. The lowest BCUT2D eigenvalue weighted by atomic mass is 10.2. The van der Waals surface area contributed by atoms with Gasteiger partial charge in [-0.1, -0.05) is 30.3 Å². The molecule has 2 aromatic rings. The van der Waals surface area contributed by atoms with Crippen LogP contribution in [0.25, 0.3) is 6.08 Å². The Balaban J connectivity index is 1.96. The second-order valence-corrected chi connectivity index (χ2v) is 5.84. The summed E-state index contributed by atoms with van der Waals surface area (Å²) in [7, 11) is 1.27. The number of anilines is 1. The van der Waals surface area contributed by atoms with Crippen LogP contribution in [0.15, 0.2) is 60.3 Å². The SMILES string of the molecule is COC(=O)c1ccc(NC(=O)COC(=O)/C(=C/c2ccccc2)NC(C)=O)cc1. The van der Waals surface area contributed by atoms with E-state index in [4.69, 9.17) is 4.74 Å². The lowest BCUT2D eigenvalue weighted by molar-refractivity contribution is -0.144. The van der Waals surface area contributed by atoms with Crippen LogP contribution in [0.4, 0.5) is 5.69 Å². The average molecular weight is 396 g/mol. The first-order valence-corrected chi connectivity index (χ1v) is 8.58. The minimum Gasteiger partial charge on any atom is -0.465 e. The van der Waals surface area contributed by atoms with Crippen molar-refractivity contribution in [3.63, 3.8) is 0 Å². The summed E-state index contributed by atoms with van der Waals surface area (Å²) >= 11 is 0. The summed E-state index contributed by atoms with van der Waals surface area (Å²) in [6.07, 6.45) is 1.45. The van der Waals surface area contributed by atoms with Gasteiger partial charge in [0.15, 0.2) is 6.61 Å². The fourth-order valence-corrected chi connectivity index (χ4v) is 2.27. The Morgan fingerprint density at radius 3 is 2.21 bits per heavy atom. The van der Waals surface area contributed by atoms with Crippen molar-refractivity contribution in [2.24, 2.45) is 0 Å². The van der Waals surface area contributed by atoms with Gasteiger partial charge in [0.2, 0.25) is 5.91 Å². The lowest BCUT2D eigenvalue weighted by Gasteiger charge is -2.10. The molecule has 0 radical (unpaired) electrons. The number of methoxy groups -OCH3 is 1. The molecule has 0 fully saturated rings. The van der Waals surface area contributed by atoms with Gasteiger partial charge in [-0.3, -0.25) is 9.59 Å². The van der Waals surface area contributed by atoms with Crippen LogP contribution >= 0.6 is 0 Å². The second-order valence-electron chi connectivity index (χ2n) is 5.84. The third-order valence-electron chi connectivity index (χ3n) is 3.57. The first-order valence-electron chi connectivity index (χ1n) is 8.58. The van der Waals surface area contributed by atoms with E-state index in [2.05, 4.69) is 15.4 Å². The van der Waals surface area contributed by atoms with E-state index in [-0.39, 0.29) is 5.70 Å². The topological polar surface area (TPSA) is 111 Å². The highest BCUT2D eigenvalue weighted by Crippen LogP contribution is 2.11. The van der Waals surface area contributed by atoms with Gasteiger partial charge in [-0.15, -0.1) is 0 Å². The smallest absolute Gasteiger partial charge is 0.355 e. The van der Waals surface area contributed by atoms with Crippen molar-refractivity contribution in [1.82, 2.24) is 5.32 Å². The molecule has 0 saturated heterocycles. The maximum Gasteiger partial charge on any atom is 0.355 e. The minimum absolute atomic E-state index is 0.0843. The molecule has 0 aliphatic heterocycles. The largest absolute Gasteiger partial charge is 0.465 e. The number of rotatable bonds is 7. The number of nitrogens with one attached hydrogen (secondary N) is 2.